The van der Waals surface area contributed by atoms with Gasteiger partial charge < -0.3 is 24.5 Å². The maximum atomic E-state index is 12.2. The number of ether oxygens (including phenoxy) is 2. The Hall–Kier alpha value is -0.760. The van der Waals surface area contributed by atoms with Gasteiger partial charge in [-0.2, -0.15) is 0 Å². The number of unbranched alkanes of at least 4 members (excludes halogenated alkanes) is 2. The van der Waals surface area contributed by atoms with E-state index >= 15 is 0 Å². The number of alkyl halides is 1. The first kappa shape index (κ1) is 26.3. The molecule has 0 aromatic heterocycles. The van der Waals surface area contributed by atoms with Crippen LogP contribution in [-0.2, 0) is 19.1 Å². The van der Waals surface area contributed by atoms with E-state index in [4.69, 9.17) is 9.47 Å². The monoisotopic (exact) mass is 540 g/mol. The van der Waals surface area contributed by atoms with E-state index in [9.17, 15) is 19.8 Å². The van der Waals surface area contributed by atoms with Crippen molar-refractivity contribution in [1.29, 1.82) is 0 Å². The minimum Gasteiger partial charge on any atom is -0.460 e. The topological polar surface area (TPSA) is 93.1 Å². The van der Waals surface area contributed by atoms with Gasteiger partial charge in [0.25, 0.3) is 0 Å². The van der Waals surface area contributed by atoms with E-state index in [1.54, 1.807) is 6.92 Å². The number of rotatable bonds is 9. The zero-order valence-corrected chi connectivity index (χ0v) is 22.2. The smallest absolute Gasteiger partial charge is 0.305 e. The first-order valence-electron chi connectivity index (χ1n) is 13.2. The van der Waals surface area contributed by atoms with Gasteiger partial charge in [0.05, 0.1) is 23.6 Å². The highest BCUT2D eigenvalue weighted by molar-refractivity contribution is 9.09. The van der Waals surface area contributed by atoms with Crippen LogP contribution in [0.4, 0.5) is 0 Å². The molecule has 4 rings (SSSR count). The quantitative estimate of drug-likeness (QED) is 0.148. The molecule has 0 aliphatic heterocycles. The summed E-state index contributed by atoms with van der Waals surface area (Å²) in [6.45, 7) is 4.82. The van der Waals surface area contributed by atoms with Gasteiger partial charge in [0.15, 0.2) is 0 Å². The van der Waals surface area contributed by atoms with E-state index in [1.165, 1.54) is 5.57 Å². The predicted octanol–water partition coefficient (Wildman–Crippen LogP) is 4.34. The number of fused-ring (bicyclic) bond motifs is 5. The Morgan fingerprint density at radius 1 is 1.26 bits per heavy atom. The third-order valence-corrected chi connectivity index (χ3v) is 10.5. The standard InChI is InChI=1S/C27H41BrO6/c1-3-23(32)34-25-21(28)15-20-24-19(8-10-27(20,25)16-30)26(2)9-7-18(13-17(26)14-22(24)31)33-12-6-4-5-11-29/h11,14,18-22,24-25,30-31H,3-10,12-13,15-16H2,1-2H3/t18-,19?,20?,21+,22-,24?,25-,26-,27+/m0/s1. The number of aldehydes is 1. The molecule has 0 spiro atoms. The van der Waals surface area contributed by atoms with Gasteiger partial charge in [-0.05, 0) is 74.5 Å². The van der Waals surface area contributed by atoms with E-state index in [-0.39, 0.29) is 46.9 Å². The van der Waals surface area contributed by atoms with Gasteiger partial charge in [-0.3, -0.25) is 4.79 Å². The molecular formula is C27H41BrO6. The predicted molar refractivity (Wildman–Crippen MR) is 132 cm³/mol. The maximum absolute atomic E-state index is 12.2. The molecule has 0 radical (unpaired) electrons. The van der Waals surface area contributed by atoms with Crippen molar-refractivity contribution >= 4 is 28.2 Å². The summed E-state index contributed by atoms with van der Waals surface area (Å²) >= 11 is 3.77. The second kappa shape index (κ2) is 10.7. The van der Waals surface area contributed by atoms with Crippen LogP contribution in [0.5, 0.6) is 0 Å². The number of aliphatic hydroxyl groups excluding tert-OH is 2. The highest BCUT2D eigenvalue weighted by Crippen LogP contribution is 2.66. The van der Waals surface area contributed by atoms with Crippen LogP contribution >= 0.6 is 15.9 Å². The molecule has 192 valence electrons. The van der Waals surface area contributed by atoms with E-state index in [0.717, 1.165) is 57.7 Å². The largest absolute Gasteiger partial charge is 0.460 e. The molecule has 9 atom stereocenters. The van der Waals surface area contributed by atoms with Crippen molar-refractivity contribution in [2.24, 2.45) is 28.6 Å². The zero-order valence-electron chi connectivity index (χ0n) is 20.6. The Bertz CT molecular complexity index is 785. The van der Waals surface area contributed by atoms with E-state index in [1.807, 2.05) is 0 Å². The van der Waals surface area contributed by atoms with E-state index < -0.39 is 11.5 Å². The van der Waals surface area contributed by atoms with E-state index in [0.29, 0.717) is 25.4 Å². The second-order valence-electron chi connectivity index (χ2n) is 11.2. The Labute approximate surface area is 212 Å². The highest BCUT2D eigenvalue weighted by atomic mass is 79.9. The molecule has 4 aliphatic rings. The first-order chi connectivity index (χ1) is 16.3. The average molecular weight is 542 g/mol. The lowest BCUT2D eigenvalue weighted by Gasteiger charge is -2.59. The number of carbonyl (C=O) groups is 2. The van der Waals surface area contributed by atoms with Gasteiger partial charge in [-0.25, -0.2) is 0 Å². The van der Waals surface area contributed by atoms with Crippen molar-refractivity contribution in [2.75, 3.05) is 13.2 Å². The second-order valence-corrected chi connectivity index (χ2v) is 12.4. The van der Waals surface area contributed by atoms with Crippen LogP contribution in [0, 0.1) is 28.6 Å². The number of carbonyl (C=O) groups excluding carboxylic acids is 2. The van der Waals surface area contributed by atoms with Gasteiger partial charge >= 0.3 is 5.97 Å². The molecule has 0 amide bonds. The van der Waals surface area contributed by atoms with Crippen LogP contribution in [0.2, 0.25) is 0 Å². The van der Waals surface area contributed by atoms with Gasteiger partial charge in [0.2, 0.25) is 0 Å². The summed E-state index contributed by atoms with van der Waals surface area (Å²) in [5.74, 6) is 0.279. The number of aliphatic hydroxyl groups is 2. The molecule has 3 fully saturated rings. The molecule has 0 aromatic rings. The number of esters is 1. The average Bonchev–Trinajstić information content (AvgIpc) is 3.11. The first-order valence-corrected chi connectivity index (χ1v) is 14.1. The molecule has 3 saturated carbocycles. The van der Waals surface area contributed by atoms with E-state index in [2.05, 4.69) is 28.9 Å². The fourth-order valence-electron chi connectivity index (χ4n) is 7.78. The van der Waals surface area contributed by atoms with Gasteiger partial charge in [0.1, 0.15) is 12.4 Å². The van der Waals surface area contributed by atoms with Crippen LogP contribution in [0.1, 0.15) is 78.1 Å². The van der Waals surface area contributed by atoms with Crippen molar-refractivity contribution < 1.29 is 29.3 Å². The Morgan fingerprint density at radius 2 is 2.06 bits per heavy atom. The molecule has 0 bridgehead atoms. The van der Waals surface area contributed by atoms with Crippen LogP contribution in [0.15, 0.2) is 11.6 Å². The van der Waals surface area contributed by atoms with Gasteiger partial charge in [-0.1, -0.05) is 41.4 Å². The molecule has 34 heavy (non-hydrogen) atoms. The Morgan fingerprint density at radius 3 is 2.76 bits per heavy atom. The number of halogens is 1. The SMILES string of the molecule is CCC(=O)O[C@H]1[C@H](Br)CC2C3C(CC[C@@]21CO)[C@@]1(C)CC[C@H](OCCCCC=O)CC1=C[C@@H]3O. The summed E-state index contributed by atoms with van der Waals surface area (Å²) in [6.07, 6.45) is 10.4. The van der Waals surface area contributed by atoms with Gasteiger partial charge in [-0.15, -0.1) is 0 Å². The molecule has 0 saturated heterocycles. The highest BCUT2D eigenvalue weighted by Gasteiger charge is 2.65. The molecule has 2 N–H and O–H groups in total. The molecular weight excluding hydrogens is 500 g/mol. The molecule has 4 aliphatic carbocycles. The lowest BCUT2D eigenvalue weighted by molar-refractivity contribution is -0.168. The van der Waals surface area contributed by atoms with Crippen LogP contribution < -0.4 is 0 Å². The van der Waals surface area contributed by atoms with Crippen molar-refractivity contribution in [3.05, 3.63) is 11.6 Å². The molecule has 7 heteroatoms. The minimum atomic E-state index is -0.559. The summed E-state index contributed by atoms with van der Waals surface area (Å²) in [5.41, 5.74) is 0.859. The van der Waals surface area contributed by atoms with Crippen LogP contribution in [0.25, 0.3) is 0 Å². The van der Waals surface area contributed by atoms with Crippen LogP contribution in [0.3, 0.4) is 0 Å². The Balaban J connectivity index is 1.52. The molecule has 3 unspecified atom stereocenters. The summed E-state index contributed by atoms with van der Waals surface area (Å²) in [6, 6.07) is 0. The lowest BCUT2D eigenvalue weighted by atomic mass is 9.47. The molecule has 0 aromatic carbocycles. The molecule has 0 heterocycles. The Kier molecular flexibility index (Phi) is 8.28. The summed E-state index contributed by atoms with van der Waals surface area (Å²) in [7, 11) is 0. The summed E-state index contributed by atoms with van der Waals surface area (Å²) in [5, 5.41) is 22.0. The third-order valence-electron chi connectivity index (χ3n) is 9.63. The maximum Gasteiger partial charge on any atom is 0.305 e. The summed E-state index contributed by atoms with van der Waals surface area (Å²) < 4.78 is 12.0. The number of hydrogen-bond donors (Lipinski definition) is 2. The van der Waals surface area contributed by atoms with Crippen molar-refractivity contribution in [3.63, 3.8) is 0 Å². The zero-order chi connectivity index (χ0) is 24.5. The van der Waals surface area contributed by atoms with Crippen molar-refractivity contribution in [1.82, 2.24) is 0 Å². The van der Waals surface area contributed by atoms with Gasteiger partial charge in [0, 0.05) is 24.9 Å². The minimum absolute atomic E-state index is 0.00682. The third kappa shape index (κ3) is 4.55. The summed E-state index contributed by atoms with van der Waals surface area (Å²) in [4.78, 5) is 22.7. The van der Waals surface area contributed by atoms with Crippen molar-refractivity contribution in [3.8, 4) is 0 Å². The van der Waals surface area contributed by atoms with Crippen LogP contribution in [-0.4, -0.2) is 58.8 Å². The number of hydrogen-bond acceptors (Lipinski definition) is 6. The lowest BCUT2D eigenvalue weighted by Crippen LogP contribution is -2.57. The van der Waals surface area contributed by atoms with Crippen molar-refractivity contribution in [2.45, 2.75) is 101 Å². The fraction of sp³-hybridized carbons (Fsp3) is 0.852. The normalized spacial score (nSPS) is 43.3. The fourth-order valence-corrected chi connectivity index (χ4v) is 8.82. The molecule has 6 nitrogen and oxygen atoms in total.